The van der Waals surface area contributed by atoms with E-state index in [0.29, 0.717) is 34.7 Å². The van der Waals surface area contributed by atoms with Crippen LogP contribution < -0.4 is 0 Å². The van der Waals surface area contributed by atoms with Crippen LogP contribution in [0.5, 0.6) is 11.5 Å². The molecule has 2 aromatic carbocycles. The molecule has 0 saturated carbocycles. The third-order valence-corrected chi connectivity index (χ3v) is 4.23. The molecule has 114 valence electrons. The highest BCUT2D eigenvalue weighted by atomic mass is 16.6. The summed E-state index contributed by atoms with van der Waals surface area (Å²) in [6.07, 6.45) is 4.50. The molecule has 1 aliphatic rings. The number of carbonyl (C=O) groups is 1. The van der Waals surface area contributed by atoms with Crippen molar-refractivity contribution in [3.63, 3.8) is 0 Å². The van der Waals surface area contributed by atoms with E-state index in [-0.39, 0.29) is 17.5 Å². The fourth-order valence-corrected chi connectivity index (χ4v) is 2.84. The molecule has 2 aromatic rings. The summed E-state index contributed by atoms with van der Waals surface area (Å²) in [5.74, 6) is 0.0612. The molecule has 2 N–H and O–H groups in total. The van der Waals surface area contributed by atoms with Crippen LogP contribution in [0.25, 0.3) is 16.8 Å². The van der Waals surface area contributed by atoms with Gasteiger partial charge in [0.25, 0.3) is 0 Å². The predicted molar refractivity (Wildman–Crippen MR) is 84.8 cm³/mol. The van der Waals surface area contributed by atoms with Gasteiger partial charge in [-0.2, -0.15) is 0 Å². The van der Waals surface area contributed by atoms with Gasteiger partial charge in [0, 0.05) is 34.7 Å². The molecule has 1 saturated heterocycles. The van der Waals surface area contributed by atoms with E-state index in [0.717, 1.165) is 0 Å². The third kappa shape index (κ3) is 2.30. The summed E-state index contributed by atoms with van der Waals surface area (Å²) >= 11 is 0. The van der Waals surface area contributed by atoms with Crippen LogP contribution in [0.1, 0.15) is 30.9 Å². The lowest BCUT2D eigenvalue weighted by Gasteiger charge is -2.18. The zero-order chi connectivity index (χ0) is 15.9. The molecule has 0 amide bonds. The van der Waals surface area contributed by atoms with Crippen molar-refractivity contribution < 1.29 is 19.7 Å². The van der Waals surface area contributed by atoms with Gasteiger partial charge < -0.3 is 14.9 Å². The smallest absolute Gasteiger partial charge is 0.306 e. The lowest BCUT2D eigenvalue weighted by molar-refractivity contribution is -0.144. The monoisotopic (exact) mass is 298 g/mol. The maximum atomic E-state index is 11.3. The number of esters is 1. The van der Waals surface area contributed by atoms with Crippen LogP contribution in [0.2, 0.25) is 0 Å². The molecule has 4 heteroatoms. The van der Waals surface area contributed by atoms with E-state index in [1.165, 1.54) is 0 Å². The molecule has 1 fully saturated rings. The maximum absolute atomic E-state index is 11.3. The van der Waals surface area contributed by atoms with E-state index in [4.69, 9.17) is 4.74 Å². The minimum Gasteiger partial charge on any atom is -0.507 e. The van der Waals surface area contributed by atoms with Crippen molar-refractivity contribution in [2.75, 3.05) is 0 Å². The number of phenols is 2. The first-order chi connectivity index (χ1) is 10.4. The first-order valence-electron chi connectivity index (χ1n) is 7.25. The molecule has 1 aliphatic heterocycles. The summed E-state index contributed by atoms with van der Waals surface area (Å²) in [6.45, 7) is 3.59. The Bertz CT molecular complexity index is 791. The Labute approximate surface area is 128 Å². The van der Waals surface area contributed by atoms with Gasteiger partial charge in [-0.25, -0.2) is 0 Å². The number of aromatic hydroxyl groups is 2. The molecular weight excluding hydrogens is 280 g/mol. The molecule has 1 heterocycles. The second kappa shape index (κ2) is 5.05. The minimum atomic E-state index is -0.656. The molecule has 0 bridgehead atoms. The van der Waals surface area contributed by atoms with Crippen LogP contribution >= 0.6 is 0 Å². The summed E-state index contributed by atoms with van der Waals surface area (Å²) in [7, 11) is 0. The Morgan fingerprint density at radius 3 is 2.41 bits per heavy atom. The zero-order valence-corrected chi connectivity index (χ0v) is 12.6. The zero-order valence-electron chi connectivity index (χ0n) is 12.6. The first-order valence-corrected chi connectivity index (χ1v) is 7.25. The highest BCUT2D eigenvalue weighted by Crippen LogP contribution is 2.40. The van der Waals surface area contributed by atoms with Crippen LogP contribution in [0.4, 0.5) is 0 Å². The summed E-state index contributed by atoms with van der Waals surface area (Å²) in [6, 6.07) is 7.16. The number of carbonyl (C=O) groups excluding carboxylic acids is 1. The first kappa shape index (κ1) is 14.4. The van der Waals surface area contributed by atoms with Gasteiger partial charge in [0.15, 0.2) is 0 Å². The van der Waals surface area contributed by atoms with Crippen molar-refractivity contribution in [2.45, 2.75) is 32.3 Å². The average molecular weight is 298 g/mol. The summed E-state index contributed by atoms with van der Waals surface area (Å²) in [5.41, 5.74) is 0.484. The molecule has 0 spiro atoms. The van der Waals surface area contributed by atoms with Crippen LogP contribution in [0, 0.1) is 6.92 Å². The molecule has 0 radical (unpaired) electrons. The van der Waals surface area contributed by atoms with E-state index in [1.807, 2.05) is 19.1 Å². The number of rotatable bonds is 2. The Morgan fingerprint density at radius 2 is 1.82 bits per heavy atom. The molecule has 0 aromatic heterocycles. The lowest BCUT2D eigenvalue weighted by Crippen LogP contribution is -2.20. The van der Waals surface area contributed by atoms with Crippen molar-refractivity contribution in [3.8, 4) is 11.5 Å². The van der Waals surface area contributed by atoms with Gasteiger partial charge in [0.05, 0.1) is 0 Å². The van der Waals surface area contributed by atoms with Crippen molar-refractivity contribution in [1.29, 1.82) is 0 Å². The van der Waals surface area contributed by atoms with Gasteiger partial charge in [-0.05, 0) is 19.9 Å². The molecule has 0 aliphatic carbocycles. The van der Waals surface area contributed by atoms with E-state index in [1.54, 1.807) is 31.2 Å². The number of fused-ring (bicyclic) bond motifs is 1. The second-order valence-corrected chi connectivity index (χ2v) is 5.90. The van der Waals surface area contributed by atoms with Gasteiger partial charge in [-0.1, -0.05) is 30.3 Å². The molecular formula is C18H18O4. The van der Waals surface area contributed by atoms with Crippen LogP contribution in [-0.4, -0.2) is 21.8 Å². The van der Waals surface area contributed by atoms with Gasteiger partial charge in [0.2, 0.25) is 0 Å². The molecule has 4 nitrogen and oxygen atoms in total. The van der Waals surface area contributed by atoms with Gasteiger partial charge >= 0.3 is 5.97 Å². The topological polar surface area (TPSA) is 66.8 Å². The van der Waals surface area contributed by atoms with Crippen molar-refractivity contribution in [1.82, 2.24) is 0 Å². The Kier molecular flexibility index (Phi) is 3.32. The van der Waals surface area contributed by atoms with Crippen molar-refractivity contribution in [2.24, 2.45) is 0 Å². The number of hydrogen-bond donors (Lipinski definition) is 2. The molecule has 1 atom stereocenters. The molecule has 3 rings (SSSR count). The third-order valence-electron chi connectivity index (χ3n) is 4.23. The van der Waals surface area contributed by atoms with E-state index in [2.05, 4.69) is 0 Å². The van der Waals surface area contributed by atoms with E-state index < -0.39 is 5.60 Å². The van der Waals surface area contributed by atoms with Gasteiger partial charge in [-0.15, -0.1) is 0 Å². The lowest BCUT2D eigenvalue weighted by atomic mass is 9.95. The highest BCUT2D eigenvalue weighted by Gasteiger charge is 2.33. The Balaban J connectivity index is 2.10. The maximum Gasteiger partial charge on any atom is 0.306 e. The van der Waals surface area contributed by atoms with Crippen LogP contribution in [-0.2, 0) is 9.53 Å². The average Bonchev–Trinajstić information content (AvgIpc) is 2.84. The Morgan fingerprint density at radius 1 is 1.18 bits per heavy atom. The van der Waals surface area contributed by atoms with Crippen LogP contribution in [0.15, 0.2) is 30.3 Å². The van der Waals surface area contributed by atoms with E-state index in [9.17, 15) is 15.0 Å². The number of ether oxygens (including phenoxy) is 1. The molecule has 22 heavy (non-hydrogen) atoms. The minimum absolute atomic E-state index is 0.120. The van der Waals surface area contributed by atoms with Crippen molar-refractivity contribution >= 4 is 22.8 Å². The summed E-state index contributed by atoms with van der Waals surface area (Å²) in [5, 5.41) is 22.0. The van der Waals surface area contributed by atoms with Gasteiger partial charge in [-0.3, -0.25) is 4.79 Å². The quantitative estimate of drug-likeness (QED) is 0.656. The van der Waals surface area contributed by atoms with E-state index >= 15 is 0 Å². The van der Waals surface area contributed by atoms with Crippen LogP contribution in [0.3, 0.4) is 0 Å². The largest absolute Gasteiger partial charge is 0.507 e. The fraction of sp³-hybridized carbons (Fsp3) is 0.278. The number of hydrogen-bond acceptors (Lipinski definition) is 4. The Hall–Kier alpha value is -2.49. The summed E-state index contributed by atoms with van der Waals surface area (Å²) < 4.78 is 5.30. The van der Waals surface area contributed by atoms with Gasteiger partial charge in [0.1, 0.15) is 17.1 Å². The predicted octanol–water partition coefficient (Wildman–Crippen LogP) is 3.67. The standard InChI is InChI=1S/C18H18O4/c1-11-12(7-9-18(2)10-8-15(19)22-18)17(21)14-6-4-3-5-13(14)16(11)20/h3-7,9,20-21H,8,10H2,1-2H3. The molecule has 1 unspecified atom stereocenters. The van der Waals surface area contributed by atoms with Crippen molar-refractivity contribution in [3.05, 3.63) is 41.5 Å². The summed E-state index contributed by atoms with van der Waals surface area (Å²) in [4.78, 5) is 11.3. The highest BCUT2D eigenvalue weighted by molar-refractivity contribution is 5.97. The number of cyclic esters (lactones) is 1. The normalized spacial score (nSPS) is 21.6. The second-order valence-electron chi connectivity index (χ2n) is 5.90. The number of benzene rings is 2. The SMILES string of the molecule is Cc1c(C=CC2(C)CCC(=O)O2)c(O)c2ccccc2c1O. The fourth-order valence-electron chi connectivity index (χ4n) is 2.84. The number of phenolic OH excluding ortho intramolecular Hbond substituents is 2.